The minimum absolute atomic E-state index is 0. The predicted octanol–water partition coefficient (Wildman–Crippen LogP) is 5.03. The topological polar surface area (TPSA) is 32.4 Å². The van der Waals surface area contributed by atoms with Gasteiger partial charge in [0, 0.05) is 39.4 Å². The van der Waals surface area contributed by atoms with Crippen molar-refractivity contribution in [1.29, 1.82) is 0 Å². The van der Waals surface area contributed by atoms with Gasteiger partial charge in [0.25, 0.3) is 0 Å². The molecular formula is C29H28Ag3Cl2I2N4O-. The molecule has 4 aromatic carbocycles. The van der Waals surface area contributed by atoms with Gasteiger partial charge in [-0.05, 0) is 55.6 Å². The molecule has 0 atom stereocenters. The molecule has 1 radical (unpaired) electrons. The van der Waals surface area contributed by atoms with E-state index in [1.165, 1.54) is 33.8 Å². The summed E-state index contributed by atoms with van der Waals surface area (Å²) < 4.78 is 12.4. The number of aryl methyl sites for hydroxylation is 1. The molecule has 0 amide bonds. The fourth-order valence-electron chi connectivity index (χ4n) is 4.12. The molecule has 0 unspecified atom stereocenters. The first-order valence-electron chi connectivity index (χ1n) is 11.5. The first kappa shape index (κ1) is 41.0. The predicted molar refractivity (Wildman–Crippen MR) is 163 cm³/mol. The number of hydrogen-bond donors (Lipinski definition) is 0. The van der Waals surface area contributed by atoms with E-state index in [0.29, 0.717) is 0 Å². The third kappa shape index (κ3) is 11.8. The van der Waals surface area contributed by atoms with Crippen LogP contribution in [0.1, 0.15) is 0 Å². The standard InChI is InChI=1S/2C14H13N2.CH2Cl2.3Ag.2HI.O/c2*1-15-11-16(12-7-3-2-4-8-12)14-10-6-5-9-13(14)15;2-1-3;;;;;;/h2*2-11H,1H3;1H2;;;;2*1H;/q-1;+1;;;;+1;;;/p-2. The fourth-order valence-corrected chi connectivity index (χ4v) is 4.12. The van der Waals surface area contributed by atoms with Crippen LogP contribution in [0.4, 0.5) is 17.1 Å². The van der Waals surface area contributed by atoms with Crippen molar-refractivity contribution in [3.63, 3.8) is 0 Å². The van der Waals surface area contributed by atoms with Crippen molar-refractivity contribution >= 4 is 70.3 Å². The number of fused-ring (bicyclic) bond motifs is 2. The van der Waals surface area contributed by atoms with E-state index >= 15 is 0 Å². The van der Waals surface area contributed by atoms with Gasteiger partial charge in [0.05, 0.1) is 12.4 Å². The summed E-state index contributed by atoms with van der Waals surface area (Å²) in [6, 6.07) is 37.6. The molecule has 6 rings (SSSR count). The summed E-state index contributed by atoms with van der Waals surface area (Å²) in [6.07, 6.45) is 2.11. The third-order valence-electron chi connectivity index (χ3n) is 5.69. The van der Waals surface area contributed by atoms with Crippen LogP contribution in [0.3, 0.4) is 0 Å². The van der Waals surface area contributed by atoms with Gasteiger partial charge in [0.2, 0.25) is 6.33 Å². The second kappa shape index (κ2) is 23.4. The zero-order valence-electron chi connectivity index (χ0n) is 21.9. The molecule has 1 aliphatic heterocycles. The summed E-state index contributed by atoms with van der Waals surface area (Å²) in [7, 11) is 4.14. The Labute approximate surface area is 320 Å². The summed E-state index contributed by atoms with van der Waals surface area (Å²) in [5.41, 5.74) is 7.34. The molecule has 232 valence electrons. The van der Waals surface area contributed by atoms with Gasteiger partial charge >= 0.3 is 60.6 Å². The number of anilines is 3. The molecule has 0 saturated carbocycles. The Morgan fingerprint density at radius 2 is 1.20 bits per heavy atom. The average molecular weight is 1100 g/mol. The van der Waals surface area contributed by atoms with E-state index in [1.807, 2.05) is 31.2 Å². The van der Waals surface area contributed by atoms with Crippen molar-refractivity contribution in [2.75, 3.05) is 22.2 Å². The normalized spacial score (nSPS) is 10.5. The van der Waals surface area contributed by atoms with Gasteiger partial charge in [0.15, 0.2) is 11.0 Å². The Morgan fingerprint density at radius 1 is 0.756 bits per heavy atom. The van der Waals surface area contributed by atoms with Gasteiger partial charge in [0.1, 0.15) is 5.69 Å². The minimum atomic E-state index is 0. The van der Waals surface area contributed by atoms with Crippen LogP contribution in [0, 0.1) is 6.67 Å². The first-order valence-corrected chi connectivity index (χ1v) is 17.6. The van der Waals surface area contributed by atoms with Gasteiger partial charge in [-0.15, -0.1) is 23.2 Å². The molecule has 41 heavy (non-hydrogen) atoms. The number of hydrogen-bond acceptors (Lipinski definition) is 3. The van der Waals surface area contributed by atoms with Crippen molar-refractivity contribution in [3.05, 3.63) is 122 Å². The molecule has 0 N–H and O–H groups in total. The number of alkyl halides is 2. The van der Waals surface area contributed by atoms with E-state index in [1.54, 1.807) is 21.0 Å². The fraction of sp³-hybridized carbons (Fsp3) is 0.103. The number of aromatic nitrogens is 2. The summed E-state index contributed by atoms with van der Waals surface area (Å²) in [6.45, 7) is 2.11. The molecular weight excluding hydrogens is 1070 g/mol. The summed E-state index contributed by atoms with van der Waals surface area (Å²) >= 11 is 16.1. The van der Waals surface area contributed by atoms with Crippen LogP contribution in [-0.2, 0) is 71.0 Å². The van der Waals surface area contributed by atoms with Crippen molar-refractivity contribution in [3.8, 4) is 5.69 Å². The zero-order chi connectivity index (χ0) is 28.6. The van der Waals surface area contributed by atoms with Gasteiger partial charge in [-0.2, -0.15) is 11.2 Å². The summed E-state index contributed by atoms with van der Waals surface area (Å²) in [4.78, 5) is 4.34. The Balaban J connectivity index is 0.000000618. The van der Waals surface area contributed by atoms with Crippen LogP contribution < -0.4 is 38.3 Å². The first-order chi connectivity index (χ1) is 19.1. The molecule has 0 fully saturated rings. The number of para-hydroxylation sites is 6. The number of imidazole rings is 1. The number of nitrogens with zero attached hydrogens (tertiary/aromatic N) is 4. The van der Waals surface area contributed by atoms with Gasteiger partial charge < -0.3 is 33.8 Å². The number of halogens is 4. The van der Waals surface area contributed by atoms with E-state index in [9.17, 15) is 0 Å². The van der Waals surface area contributed by atoms with Crippen molar-refractivity contribution in [1.82, 2.24) is 4.57 Å². The Morgan fingerprint density at radius 3 is 1.76 bits per heavy atom. The number of benzene rings is 4. The second-order valence-electron chi connectivity index (χ2n) is 7.94. The second-order valence-corrected chi connectivity index (χ2v) is 8.75. The van der Waals surface area contributed by atoms with E-state index in [0.717, 1.165) is 0 Å². The SMILES string of the molecule is CN1[CH-]N(c2ccccc2)c2ccccc21.C[n+]1cn(-c2ccccc2)c2ccccc21.ClCCl.[Ag].[Ag][I].[I-].[O]=[Ag]. The molecule has 1 aromatic heterocycles. The van der Waals surface area contributed by atoms with Crippen molar-refractivity contribution < 1.29 is 92.5 Å². The molecule has 0 bridgehead atoms. The van der Waals surface area contributed by atoms with Gasteiger partial charge in [-0.1, -0.05) is 60.7 Å². The molecule has 5 nitrogen and oxygen atoms in total. The summed E-state index contributed by atoms with van der Waals surface area (Å²) in [5, 5.41) is 0.194. The quantitative estimate of drug-likeness (QED) is 0.0819. The molecule has 1 aliphatic rings. The van der Waals surface area contributed by atoms with E-state index in [-0.39, 0.29) is 51.7 Å². The van der Waals surface area contributed by atoms with Gasteiger partial charge in [-0.3, -0.25) is 0 Å². The van der Waals surface area contributed by atoms with E-state index in [2.05, 4.69) is 160 Å². The average Bonchev–Trinajstić information content (AvgIpc) is 3.54. The maximum absolute atomic E-state index is 8.06. The van der Waals surface area contributed by atoms with E-state index in [4.69, 9.17) is 26.5 Å². The maximum atomic E-state index is 8.06. The van der Waals surface area contributed by atoms with Crippen LogP contribution in [0.25, 0.3) is 16.7 Å². The Bertz CT molecular complexity index is 1400. The monoisotopic (exact) mass is 1090 g/mol. The van der Waals surface area contributed by atoms with Crippen molar-refractivity contribution in [2.24, 2.45) is 7.05 Å². The van der Waals surface area contributed by atoms with Crippen LogP contribution in [0.2, 0.25) is 0 Å². The van der Waals surface area contributed by atoms with Crippen LogP contribution in [-0.4, -0.2) is 17.0 Å². The number of rotatable bonds is 2. The van der Waals surface area contributed by atoms with Crippen LogP contribution in [0.5, 0.6) is 0 Å². The summed E-state index contributed by atoms with van der Waals surface area (Å²) in [5.74, 6) is 0. The molecule has 2 heterocycles. The Hall–Kier alpha value is 0.0108. The van der Waals surface area contributed by atoms with Crippen LogP contribution in [0.15, 0.2) is 116 Å². The molecule has 0 aliphatic carbocycles. The van der Waals surface area contributed by atoms with Gasteiger partial charge in [-0.25, -0.2) is 4.57 Å². The molecule has 0 spiro atoms. The molecule has 12 heteroatoms. The third-order valence-corrected chi connectivity index (χ3v) is 5.69. The molecule has 5 aromatic rings. The van der Waals surface area contributed by atoms with Crippen LogP contribution >= 0.6 is 42.2 Å². The van der Waals surface area contributed by atoms with Crippen molar-refractivity contribution in [2.45, 2.75) is 0 Å². The Kier molecular flexibility index (Phi) is 23.4. The molecule has 0 saturated heterocycles. The zero-order valence-corrected chi connectivity index (χ0v) is 32.1. The van der Waals surface area contributed by atoms with E-state index < -0.39 is 0 Å².